The average molecular weight is 420 g/mol. The molecule has 3 rings (SSSR count). The lowest BCUT2D eigenvalue weighted by Gasteiger charge is -2.09. The molecule has 0 atom stereocenters. The zero-order valence-electron chi connectivity index (χ0n) is 17.3. The molecule has 0 aromatic heterocycles. The number of aryl methyl sites for hydroxylation is 1. The maximum absolute atomic E-state index is 12.1. The van der Waals surface area contributed by atoms with Crippen LogP contribution in [0.2, 0.25) is 0 Å². The lowest BCUT2D eigenvalue weighted by molar-refractivity contribution is -0.136. The largest absolute Gasteiger partial charge is 0.490 e. The number of ether oxygens (including phenoxy) is 4. The summed E-state index contributed by atoms with van der Waals surface area (Å²) in [5.41, 5.74) is 1.55. The van der Waals surface area contributed by atoms with E-state index in [2.05, 4.69) is 6.92 Å². The highest BCUT2D eigenvalue weighted by molar-refractivity contribution is 5.89. The summed E-state index contributed by atoms with van der Waals surface area (Å²) >= 11 is 0. The Kier molecular flexibility index (Phi) is 8.05. The number of para-hydroxylation sites is 1. The van der Waals surface area contributed by atoms with Crippen molar-refractivity contribution in [3.8, 4) is 17.2 Å². The first kappa shape index (κ1) is 21.9. The molecule has 0 aliphatic rings. The van der Waals surface area contributed by atoms with Crippen molar-refractivity contribution in [2.75, 3.05) is 19.8 Å². The Morgan fingerprint density at radius 2 is 1.35 bits per heavy atom. The highest BCUT2D eigenvalue weighted by Gasteiger charge is 2.10. The van der Waals surface area contributed by atoms with Gasteiger partial charge >= 0.3 is 11.9 Å². The number of rotatable bonds is 10. The van der Waals surface area contributed by atoms with Crippen LogP contribution in [0.3, 0.4) is 0 Å². The lowest BCUT2D eigenvalue weighted by Crippen LogP contribution is -2.17. The smallest absolute Gasteiger partial charge is 0.349 e. The van der Waals surface area contributed by atoms with Gasteiger partial charge in [-0.15, -0.1) is 0 Å². The standard InChI is InChI=1S/C25H24O6/c1-2-19-8-12-22(13-9-19)30-18-24(26)31-23-14-10-20(11-15-23)25(27)29-17-16-28-21-6-4-3-5-7-21/h3-15H,2,16-18H2,1H3. The molecule has 0 saturated heterocycles. The Morgan fingerprint density at radius 3 is 2.03 bits per heavy atom. The van der Waals surface area contributed by atoms with Crippen molar-refractivity contribution >= 4 is 11.9 Å². The molecule has 0 heterocycles. The molecule has 0 saturated carbocycles. The average Bonchev–Trinajstić information content (AvgIpc) is 2.82. The number of benzene rings is 3. The third-order valence-corrected chi connectivity index (χ3v) is 4.34. The van der Waals surface area contributed by atoms with E-state index in [0.717, 1.165) is 6.42 Å². The van der Waals surface area contributed by atoms with Crippen molar-refractivity contribution < 1.29 is 28.5 Å². The Labute approximate surface area is 181 Å². The van der Waals surface area contributed by atoms with E-state index in [-0.39, 0.29) is 19.8 Å². The molecule has 6 nitrogen and oxygen atoms in total. The summed E-state index contributed by atoms with van der Waals surface area (Å²) < 4.78 is 21.3. The highest BCUT2D eigenvalue weighted by Crippen LogP contribution is 2.15. The predicted molar refractivity (Wildman–Crippen MR) is 116 cm³/mol. The first-order valence-corrected chi connectivity index (χ1v) is 10.0. The minimum Gasteiger partial charge on any atom is -0.490 e. The van der Waals surface area contributed by atoms with Crippen LogP contribution in [0.15, 0.2) is 78.9 Å². The van der Waals surface area contributed by atoms with Gasteiger partial charge in [0.2, 0.25) is 0 Å². The third-order valence-electron chi connectivity index (χ3n) is 4.34. The minimum absolute atomic E-state index is 0.126. The molecule has 0 aliphatic carbocycles. The summed E-state index contributed by atoms with van der Waals surface area (Å²) in [6.07, 6.45) is 0.938. The van der Waals surface area contributed by atoms with E-state index in [9.17, 15) is 9.59 Å². The zero-order valence-corrected chi connectivity index (χ0v) is 17.3. The first-order chi connectivity index (χ1) is 15.1. The van der Waals surface area contributed by atoms with Crippen molar-refractivity contribution in [3.05, 3.63) is 90.0 Å². The summed E-state index contributed by atoms with van der Waals surface area (Å²) in [5, 5.41) is 0. The summed E-state index contributed by atoms with van der Waals surface area (Å²) in [4.78, 5) is 24.1. The molecule has 0 amide bonds. The zero-order chi connectivity index (χ0) is 21.9. The van der Waals surface area contributed by atoms with Gasteiger partial charge in [-0.05, 0) is 60.5 Å². The van der Waals surface area contributed by atoms with Crippen LogP contribution in [0.4, 0.5) is 0 Å². The van der Waals surface area contributed by atoms with Crippen molar-refractivity contribution in [3.63, 3.8) is 0 Å². The van der Waals surface area contributed by atoms with E-state index in [1.165, 1.54) is 29.8 Å². The van der Waals surface area contributed by atoms with Gasteiger partial charge in [0.05, 0.1) is 5.56 Å². The number of carbonyl (C=O) groups excluding carboxylic acids is 2. The normalized spacial score (nSPS) is 10.2. The quantitative estimate of drug-likeness (QED) is 0.274. The van der Waals surface area contributed by atoms with Gasteiger partial charge in [-0.1, -0.05) is 37.3 Å². The number of hydrogen-bond acceptors (Lipinski definition) is 6. The molecular weight excluding hydrogens is 396 g/mol. The SMILES string of the molecule is CCc1ccc(OCC(=O)Oc2ccc(C(=O)OCCOc3ccccc3)cc2)cc1. The Balaban J connectivity index is 1.39. The number of esters is 2. The summed E-state index contributed by atoms with van der Waals surface area (Å²) in [6, 6.07) is 23.0. The fourth-order valence-corrected chi connectivity index (χ4v) is 2.68. The Hall–Kier alpha value is -3.80. The molecule has 0 bridgehead atoms. The van der Waals surface area contributed by atoms with E-state index < -0.39 is 11.9 Å². The highest BCUT2D eigenvalue weighted by atomic mass is 16.6. The van der Waals surface area contributed by atoms with Gasteiger partial charge in [-0.25, -0.2) is 9.59 Å². The Morgan fingerprint density at radius 1 is 0.710 bits per heavy atom. The predicted octanol–water partition coefficient (Wildman–Crippen LogP) is 4.47. The molecule has 3 aromatic carbocycles. The second-order valence-electron chi connectivity index (χ2n) is 6.58. The van der Waals surface area contributed by atoms with E-state index >= 15 is 0 Å². The van der Waals surface area contributed by atoms with E-state index in [1.807, 2.05) is 54.6 Å². The molecule has 31 heavy (non-hydrogen) atoms. The van der Waals surface area contributed by atoms with Crippen LogP contribution in [0.5, 0.6) is 17.2 Å². The molecule has 0 spiro atoms. The summed E-state index contributed by atoms with van der Waals surface area (Å²) in [6.45, 7) is 2.24. The monoisotopic (exact) mass is 420 g/mol. The van der Waals surface area contributed by atoms with Gasteiger partial charge in [-0.2, -0.15) is 0 Å². The van der Waals surface area contributed by atoms with Gasteiger partial charge < -0.3 is 18.9 Å². The second-order valence-corrected chi connectivity index (χ2v) is 6.58. The van der Waals surface area contributed by atoms with Crippen molar-refractivity contribution in [2.45, 2.75) is 13.3 Å². The number of carbonyl (C=O) groups is 2. The lowest BCUT2D eigenvalue weighted by atomic mass is 10.2. The van der Waals surface area contributed by atoms with Crippen LogP contribution in [-0.4, -0.2) is 31.8 Å². The van der Waals surface area contributed by atoms with Gasteiger partial charge in [0.15, 0.2) is 6.61 Å². The fourth-order valence-electron chi connectivity index (χ4n) is 2.68. The fraction of sp³-hybridized carbons (Fsp3) is 0.200. The van der Waals surface area contributed by atoms with E-state index in [1.54, 1.807) is 0 Å². The van der Waals surface area contributed by atoms with Gasteiger partial charge in [0.1, 0.15) is 30.5 Å². The Bertz CT molecular complexity index is 965. The molecule has 0 unspecified atom stereocenters. The number of hydrogen-bond donors (Lipinski definition) is 0. The van der Waals surface area contributed by atoms with Crippen molar-refractivity contribution in [1.29, 1.82) is 0 Å². The molecule has 6 heteroatoms. The van der Waals surface area contributed by atoms with Crippen molar-refractivity contribution in [2.24, 2.45) is 0 Å². The van der Waals surface area contributed by atoms with Crippen LogP contribution in [0.1, 0.15) is 22.8 Å². The summed E-state index contributed by atoms with van der Waals surface area (Å²) in [7, 11) is 0. The molecule has 0 fully saturated rings. The van der Waals surface area contributed by atoms with Crippen LogP contribution >= 0.6 is 0 Å². The van der Waals surface area contributed by atoms with Crippen LogP contribution in [-0.2, 0) is 16.0 Å². The van der Waals surface area contributed by atoms with E-state index in [0.29, 0.717) is 22.8 Å². The van der Waals surface area contributed by atoms with Gasteiger partial charge in [0, 0.05) is 0 Å². The molecule has 0 radical (unpaired) electrons. The van der Waals surface area contributed by atoms with Crippen LogP contribution in [0.25, 0.3) is 0 Å². The topological polar surface area (TPSA) is 71.1 Å². The van der Waals surface area contributed by atoms with Crippen molar-refractivity contribution in [1.82, 2.24) is 0 Å². The van der Waals surface area contributed by atoms with Gasteiger partial charge in [-0.3, -0.25) is 0 Å². The molecule has 0 aliphatic heterocycles. The van der Waals surface area contributed by atoms with Crippen LogP contribution < -0.4 is 14.2 Å². The maximum atomic E-state index is 12.1. The minimum atomic E-state index is -0.534. The molecule has 3 aromatic rings. The van der Waals surface area contributed by atoms with Gasteiger partial charge in [0.25, 0.3) is 0 Å². The maximum Gasteiger partial charge on any atom is 0.349 e. The second kappa shape index (κ2) is 11.4. The molecule has 160 valence electrons. The van der Waals surface area contributed by atoms with Crippen LogP contribution in [0, 0.1) is 0 Å². The third kappa shape index (κ3) is 7.19. The first-order valence-electron chi connectivity index (χ1n) is 10.0. The molecule has 0 N–H and O–H groups in total. The molecular formula is C25H24O6. The summed E-state index contributed by atoms with van der Waals surface area (Å²) in [5.74, 6) is 0.621. The van der Waals surface area contributed by atoms with E-state index in [4.69, 9.17) is 18.9 Å².